The van der Waals surface area contributed by atoms with Gasteiger partial charge in [-0.05, 0) is 18.9 Å². The van der Waals surface area contributed by atoms with Crippen molar-refractivity contribution < 1.29 is 4.74 Å². The first-order valence-corrected chi connectivity index (χ1v) is 5.63. The van der Waals surface area contributed by atoms with E-state index in [0.717, 1.165) is 37.6 Å². The van der Waals surface area contributed by atoms with Gasteiger partial charge in [0.2, 0.25) is 5.95 Å². The molecule has 2 rings (SSSR count). The Kier molecular flexibility index (Phi) is 3.69. The van der Waals surface area contributed by atoms with Gasteiger partial charge in [-0.2, -0.15) is 0 Å². The lowest BCUT2D eigenvalue weighted by atomic mass is 10.1. The molecule has 2 heterocycles. The van der Waals surface area contributed by atoms with Crippen LogP contribution in [-0.2, 0) is 11.3 Å². The Morgan fingerprint density at radius 1 is 1.62 bits per heavy atom. The predicted octanol–water partition coefficient (Wildman–Crippen LogP) is 0.551. The molecule has 0 amide bonds. The normalized spacial score (nSPS) is 21.1. The number of methoxy groups -OCH3 is 1. The van der Waals surface area contributed by atoms with Crippen LogP contribution in [0, 0.1) is 0 Å². The molecule has 16 heavy (non-hydrogen) atoms. The van der Waals surface area contributed by atoms with Gasteiger partial charge in [-0.1, -0.05) is 0 Å². The van der Waals surface area contributed by atoms with Crippen LogP contribution in [0.5, 0.6) is 0 Å². The fourth-order valence-corrected chi connectivity index (χ4v) is 1.96. The summed E-state index contributed by atoms with van der Waals surface area (Å²) < 4.78 is 5.38. The van der Waals surface area contributed by atoms with E-state index in [1.165, 1.54) is 0 Å². The molecular weight excluding hydrogens is 204 g/mol. The molecule has 0 bridgehead atoms. The summed E-state index contributed by atoms with van der Waals surface area (Å²) in [4.78, 5) is 10.9. The fourth-order valence-electron chi connectivity index (χ4n) is 1.96. The second-order valence-corrected chi connectivity index (χ2v) is 4.00. The molecule has 1 aliphatic rings. The molecule has 1 saturated heterocycles. The Morgan fingerprint density at radius 2 is 2.50 bits per heavy atom. The molecule has 1 aromatic heterocycles. The van der Waals surface area contributed by atoms with Gasteiger partial charge < -0.3 is 15.4 Å². The summed E-state index contributed by atoms with van der Waals surface area (Å²) in [6.07, 6.45) is 4.29. The number of hydrogen-bond donors (Lipinski definition) is 1. The van der Waals surface area contributed by atoms with Gasteiger partial charge in [0, 0.05) is 32.9 Å². The van der Waals surface area contributed by atoms with Gasteiger partial charge >= 0.3 is 0 Å². The average molecular weight is 222 g/mol. The molecule has 5 nitrogen and oxygen atoms in total. The highest BCUT2D eigenvalue weighted by Gasteiger charge is 2.21. The molecule has 88 valence electrons. The van der Waals surface area contributed by atoms with Crippen molar-refractivity contribution in [1.82, 2.24) is 9.97 Å². The number of hydrogen-bond acceptors (Lipinski definition) is 5. The zero-order chi connectivity index (χ0) is 11.4. The second kappa shape index (κ2) is 5.23. The third-order valence-corrected chi connectivity index (χ3v) is 2.90. The number of piperidine rings is 1. The van der Waals surface area contributed by atoms with Crippen molar-refractivity contribution in [1.29, 1.82) is 0 Å². The van der Waals surface area contributed by atoms with Crippen LogP contribution in [0.15, 0.2) is 12.3 Å². The lowest BCUT2D eigenvalue weighted by molar-refractivity contribution is 0.0889. The van der Waals surface area contributed by atoms with Crippen molar-refractivity contribution >= 4 is 5.95 Å². The van der Waals surface area contributed by atoms with E-state index < -0.39 is 0 Å². The molecule has 1 aliphatic heterocycles. The lowest BCUT2D eigenvalue weighted by Gasteiger charge is -2.31. The maximum absolute atomic E-state index is 5.57. The van der Waals surface area contributed by atoms with Crippen molar-refractivity contribution in [2.24, 2.45) is 5.73 Å². The zero-order valence-corrected chi connectivity index (χ0v) is 9.59. The molecule has 1 unspecified atom stereocenters. The number of aromatic nitrogens is 2. The summed E-state index contributed by atoms with van der Waals surface area (Å²) in [7, 11) is 1.76. The quantitative estimate of drug-likeness (QED) is 0.809. The van der Waals surface area contributed by atoms with Crippen molar-refractivity contribution in [3.05, 3.63) is 18.0 Å². The number of rotatable bonds is 3. The Labute approximate surface area is 95.6 Å². The first-order chi connectivity index (χ1) is 7.83. The van der Waals surface area contributed by atoms with Gasteiger partial charge in [0.05, 0.1) is 11.8 Å². The third-order valence-electron chi connectivity index (χ3n) is 2.90. The number of ether oxygens (including phenoxy) is 1. The standard InChI is InChI=1S/C11H18N4O/c1-16-10-3-2-6-15(8-10)11-13-5-4-9(7-12)14-11/h4-5,10H,2-3,6-8,12H2,1H3. The highest BCUT2D eigenvalue weighted by Crippen LogP contribution is 2.17. The minimum atomic E-state index is 0.291. The Bertz CT molecular complexity index is 345. The van der Waals surface area contributed by atoms with Crippen LogP contribution in [0.4, 0.5) is 5.95 Å². The van der Waals surface area contributed by atoms with Gasteiger partial charge in [-0.25, -0.2) is 9.97 Å². The molecule has 2 N–H and O–H groups in total. The highest BCUT2D eigenvalue weighted by atomic mass is 16.5. The lowest BCUT2D eigenvalue weighted by Crippen LogP contribution is -2.40. The zero-order valence-electron chi connectivity index (χ0n) is 9.59. The fraction of sp³-hybridized carbons (Fsp3) is 0.636. The number of anilines is 1. The molecule has 1 aromatic rings. The van der Waals surface area contributed by atoms with Crippen LogP contribution in [0.3, 0.4) is 0 Å². The molecule has 1 atom stereocenters. The van der Waals surface area contributed by atoms with E-state index in [4.69, 9.17) is 10.5 Å². The van der Waals surface area contributed by atoms with E-state index in [9.17, 15) is 0 Å². The number of nitrogens with zero attached hydrogens (tertiary/aromatic N) is 3. The van der Waals surface area contributed by atoms with Crippen molar-refractivity contribution in [2.45, 2.75) is 25.5 Å². The van der Waals surface area contributed by atoms with Crippen molar-refractivity contribution in [2.75, 3.05) is 25.1 Å². The van der Waals surface area contributed by atoms with Crippen LogP contribution in [-0.4, -0.2) is 36.3 Å². The van der Waals surface area contributed by atoms with Gasteiger partial charge in [0.15, 0.2) is 0 Å². The summed E-state index contributed by atoms with van der Waals surface area (Å²) in [6, 6.07) is 1.85. The minimum absolute atomic E-state index is 0.291. The van der Waals surface area contributed by atoms with Crippen LogP contribution in [0.25, 0.3) is 0 Å². The van der Waals surface area contributed by atoms with E-state index in [1.54, 1.807) is 13.3 Å². The van der Waals surface area contributed by atoms with E-state index in [2.05, 4.69) is 14.9 Å². The molecule has 0 spiro atoms. The van der Waals surface area contributed by atoms with Gasteiger partial charge in [-0.3, -0.25) is 0 Å². The maximum atomic E-state index is 5.57. The maximum Gasteiger partial charge on any atom is 0.225 e. The molecule has 0 aromatic carbocycles. The third kappa shape index (κ3) is 2.48. The van der Waals surface area contributed by atoms with Crippen LogP contribution in [0.2, 0.25) is 0 Å². The second-order valence-electron chi connectivity index (χ2n) is 4.00. The SMILES string of the molecule is COC1CCCN(c2nccc(CN)n2)C1. The summed E-state index contributed by atoms with van der Waals surface area (Å²) in [5, 5.41) is 0. The first kappa shape index (κ1) is 11.3. The average Bonchev–Trinajstić information content (AvgIpc) is 2.39. The molecule has 0 saturated carbocycles. The van der Waals surface area contributed by atoms with Crippen LogP contribution in [0.1, 0.15) is 18.5 Å². The van der Waals surface area contributed by atoms with Crippen LogP contribution < -0.4 is 10.6 Å². The molecule has 0 aliphatic carbocycles. The van der Waals surface area contributed by atoms with E-state index in [-0.39, 0.29) is 0 Å². The monoisotopic (exact) mass is 222 g/mol. The Balaban J connectivity index is 2.10. The van der Waals surface area contributed by atoms with Gasteiger partial charge in [0.25, 0.3) is 0 Å². The van der Waals surface area contributed by atoms with Crippen LogP contribution >= 0.6 is 0 Å². The summed E-state index contributed by atoms with van der Waals surface area (Å²) in [6.45, 7) is 2.31. The van der Waals surface area contributed by atoms with Gasteiger partial charge in [0.1, 0.15) is 0 Å². The van der Waals surface area contributed by atoms with Crippen molar-refractivity contribution in [3.63, 3.8) is 0 Å². The minimum Gasteiger partial charge on any atom is -0.380 e. The topological polar surface area (TPSA) is 64.3 Å². The molecular formula is C11H18N4O. The molecule has 0 radical (unpaired) electrons. The Hall–Kier alpha value is -1.20. The van der Waals surface area contributed by atoms with E-state index >= 15 is 0 Å². The predicted molar refractivity (Wildman–Crippen MR) is 62.2 cm³/mol. The first-order valence-electron chi connectivity index (χ1n) is 5.63. The van der Waals surface area contributed by atoms with E-state index in [0.29, 0.717) is 12.6 Å². The summed E-state index contributed by atoms with van der Waals surface area (Å²) in [5.74, 6) is 0.768. The summed E-state index contributed by atoms with van der Waals surface area (Å²) >= 11 is 0. The van der Waals surface area contributed by atoms with Crippen molar-refractivity contribution in [3.8, 4) is 0 Å². The summed E-state index contributed by atoms with van der Waals surface area (Å²) in [5.41, 5.74) is 6.45. The van der Waals surface area contributed by atoms with Gasteiger partial charge in [-0.15, -0.1) is 0 Å². The molecule has 5 heteroatoms. The smallest absolute Gasteiger partial charge is 0.225 e. The Morgan fingerprint density at radius 3 is 3.25 bits per heavy atom. The van der Waals surface area contributed by atoms with E-state index in [1.807, 2.05) is 6.07 Å². The highest BCUT2D eigenvalue weighted by molar-refractivity contribution is 5.31. The number of nitrogens with two attached hydrogens (primary N) is 1. The largest absolute Gasteiger partial charge is 0.380 e. The molecule has 1 fully saturated rings.